The summed E-state index contributed by atoms with van der Waals surface area (Å²) in [6.45, 7) is 5.18. The minimum atomic E-state index is -0.217. The zero-order chi connectivity index (χ0) is 15.2. The van der Waals surface area contributed by atoms with E-state index >= 15 is 0 Å². The lowest BCUT2D eigenvalue weighted by atomic mass is 10.2. The van der Waals surface area contributed by atoms with Gasteiger partial charge in [-0.05, 0) is 51.3 Å². The molecule has 2 aromatic rings. The summed E-state index contributed by atoms with van der Waals surface area (Å²) < 4.78 is 13.7. The molecule has 0 saturated heterocycles. The molecule has 0 bridgehead atoms. The largest absolute Gasteiger partial charge is 0.310 e. The van der Waals surface area contributed by atoms with Gasteiger partial charge in [0.1, 0.15) is 5.82 Å². The highest BCUT2D eigenvalue weighted by Gasteiger charge is 2.02. The highest BCUT2D eigenvalue weighted by molar-refractivity contribution is 9.10. The molecule has 21 heavy (non-hydrogen) atoms. The molecule has 0 saturated carbocycles. The van der Waals surface area contributed by atoms with E-state index in [0.717, 1.165) is 17.9 Å². The van der Waals surface area contributed by atoms with Crippen LogP contribution in [0.25, 0.3) is 0 Å². The van der Waals surface area contributed by atoms with Crippen LogP contribution in [-0.4, -0.2) is 6.04 Å². The summed E-state index contributed by atoms with van der Waals surface area (Å²) in [6, 6.07) is 14.2. The van der Waals surface area contributed by atoms with Gasteiger partial charge in [-0.3, -0.25) is 0 Å². The minimum absolute atomic E-state index is 0.217. The predicted molar refractivity (Wildman–Crippen MR) is 92.1 cm³/mol. The topological polar surface area (TPSA) is 12.0 Å². The summed E-state index contributed by atoms with van der Waals surface area (Å²) in [5.74, 6) is 0.619. The molecule has 0 radical (unpaired) electrons. The molecule has 0 aliphatic heterocycles. The Kier molecular flexibility index (Phi) is 6.27. The van der Waals surface area contributed by atoms with Crippen LogP contribution in [-0.2, 0) is 12.3 Å². The van der Waals surface area contributed by atoms with Gasteiger partial charge in [-0.1, -0.05) is 32.0 Å². The van der Waals surface area contributed by atoms with Crippen molar-refractivity contribution in [1.29, 1.82) is 0 Å². The fourth-order valence-corrected chi connectivity index (χ4v) is 3.09. The highest BCUT2D eigenvalue weighted by atomic mass is 79.9. The second-order valence-corrected chi connectivity index (χ2v) is 7.12. The molecule has 0 aliphatic rings. The highest BCUT2D eigenvalue weighted by Crippen LogP contribution is 2.25. The van der Waals surface area contributed by atoms with Crippen LogP contribution in [0.3, 0.4) is 0 Å². The smallest absolute Gasteiger partial charge is 0.137 e. The number of nitrogens with one attached hydrogen (secondary N) is 1. The van der Waals surface area contributed by atoms with Crippen molar-refractivity contribution < 1.29 is 4.39 Å². The van der Waals surface area contributed by atoms with E-state index in [2.05, 4.69) is 59.4 Å². The van der Waals surface area contributed by atoms with E-state index in [4.69, 9.17) is 0 Å². The first-order valence-electron chi connectivity index (χ1n) is 6.93. The number of thioether (sulfide) groups is 1. The van der Waals surface area contributed by atoms with Gasteiger partial charge < -0.3 is 5.32 Å². The summed E-state index contributed by atoms with van der Waals surface area (Å²) in [7, 11) is 0. The monoisotopic (exact) mass is 367 g/mol. The molecule has 0 amide bonds. The Morgan fingerprint density at radius 3 is 2.38 bits per heavy atom. The predicted octanol–water partition coefficient (Wildman–Crippen LogP) is 5.38. The lowest BCUT2D eigenvalue weighted by molar-refractivity contribution is 0.588. The van der Waals surface area contributed by atoms with E-state index in [-0.39, 0.29) is 5.82 Å². The van der Waals surface area contributed by atoms with E-state index < -0.39 is 0 Å². The summed E-state index contributed by atoms with van der Waals surface area (Å²) in [4.78, 5) is 1.23. The number of halogens is 2. The molecule has 0 unspecified atom stereocenters. The lowest BCUT2D eigenvalue weighted by Gasteiger charge is -2.09. The number of hydrogen-bond acceptors (Lipinski definition) is 2. The maximum Gasteiger partial charge on any atom is 0.137 e. The molecule has 1 nitrogen and oxygen atoms in total. The van der Waals surface area contributed by atoms with Crippen LogP contribution < -0.4 is 5.32 Å². The molecule has 112 valence electrons. The third-order valence-corrected chi connectivity index (χ3v) is 4.72. The molecule has 2 rings (SSSR count). The van der Waals surface area contributed by atoms with Gasteiger partial charge in [-0.15, -0.1) is 11.8 Å². The molecule has 4 heteroatoms. The van der Waals surface area contributed by atoms with Gasteiger partial charge in [-0.25, -0.2) is 4.39 Å². The van der Waals surface area contributed by atoms with Crippen LogP contribution in [0.1, 0.15) is 25.0 Å². The molecular formula is C17H19BrFNS. The van der Waals surface area contributed by atoms with Crippen LogP contribution in [0.2, 0.25) is 0 Å². The normalized spacial score (nSPS) is 11.1. The summed E-state index contributed by atoms with van der Waals surface area (Å²) >= 11 is 4.98. The van der Waals surface area contributed by atoms with Crippen molar-refractivity contribution in [1.82, 2.24) is 5.32 Å². The zero-order valence-electron chi connectivity index (χ0n) is 12.2. The molecule has 0 spiro atoms. The van der Waals surface area contributed by atoms with Crippen molar-refractivity contribution in [2.45, 2.75) is 37.1 Å². The molecule has 0 atom stereocenters. The molecular weight excluding hydrogens is 349 g/mol. The van der Waals surface area contributed by atoms with Crippen molar-refractivity contribution in [3.05, 3.63) is 63.9 Å². The lowest BCUT2D eigenvalue weighted by Crippen LogP contribution is -2.21. The Balaban J connectivity index is 1.89. The maximum atomic E-state index is 13.2. The number of rotatable bonds is 6. The van der Waals surface area contributed by atoms with Gasteiger partial charge in [0.25, 0.3) is 0 Å². The van der Waals surface area contributed by atoms with Gasteiger partial charge in [0, 0.05) is 23.2 Å². The van der Waals surface area contributed by atoms with Crippen LogP contribution >= 0.6 is 27.7 Å². The fraction of sp³-hybridized carbons (Fsp3) is 0.294. The second kappa shape index (κ2) is 7.97. The van der Waals surface area contributed by atoms with Gasteiger partial charge in [-0.2, -0.15) is 0 Å². The van der Waals surface area contributed by atoms with Crippen molar-refractivity contribution in [2.75, 3.05) is 0 Å². The zero-order valence-corrected chi connectivity index (χ0v) is 14.6. The van der Waals surface area contributed by atoms with Gasteiger partial charge >= 0.3 is 0 Å². The summed E-state index contributed by atoms with van der Waals surface area (Å²) in [5, 5.41) is 3.40. The standard InChI is InChI=1S/C17H19BrFNS/c1-12(2)20-10-13-3-6-15(7-4-13)21-11-14-5-8-17(19)16(18)9-14/h3-9,12,20H,10-11H2,1-2H3. The van der Waals surface area contributed by atoms with Crippen LogP contribution in [0.15, 0.2) is 51.8 Å². The molecule has 0 aliphatic carbocycles. The van der Waals surface area contributed by atoms with Crippen LogP contribution in [0, 0.1) is 5.82 Å². The minimum Gasteiger partial charge on any atom is -0.310 e. The van der Waals surface area contributed by atoms with Gasteiger partial charge in [0.2, 0.25) is 0 Å². The van der Waals surface area contributed by atoms with Crippen LogP contribution in [0.5, 0.6) is 0 Å². The van der Waals surface area contributed by atoms with E-state index in [1.165, 1.54) is 16.5 Å². The first-order chi connectivity index (χ1) is 10.0. The Labute approximate surface area is 138 Å². The molecule has 0 heterocycles. The van der Waals surface area contributed by atoms with E-state index in [9.17, 15) is 4.39 Å². The maximum absolute atomic E-state index is 13.2. The second-order valence-electron chi connectivity index (χ2n) is 5.22. The fourth-order valence-electron chi connectivity index (χ4n) is 1.82. The Hall–Kier alpha value is -0.840. The first-order valence-corrected chi connectivity index (χ1v) is 8.71. The quantitative estimate of drug-likeness (QED) is 0.687. The van der Waals surface area contributed by atoms with Crippen LogP contribution in [0.4, 0.5) is 4.39 Å². The SMILES string of the molecule is CC(C)NCc1ccc(SCc2ccc(F)c(Br)c2)cc1. The average Bonchev–Trinajstić information content (AvgIpc) is 2.47. The van der Waals surface area contributed by atoms with Crippen molar-refractivity contribution in [3.63, 3.8) is 0 Å². The van der Waals surface area contributed by atoms with E-state index in [1.807, 2.05) is 12.1 Å². The third kappa shape index (κ3) is 5.46. The first kappa shape index (κ1) is 16.5. The Morgan fingerprint density at radius 1 is 1.10 bits per heavy atom. The molecule has 2 aromatic carbocycles. The van der Waals surface area contributed by atoms with E-state index in [1.54, 1.807) is 11.8 Å². The number of benzene rings is 2. The summed E-state index contributed by atoms with van der Waals surface area (Å²) in [6.07, 6.45) is 0. The number of hydrogen-bond donors (Lipinski definition) is 1. The van der Waals surface area contributed by atoms with Crippen molar-refractivity contribution in [3.8, 4) is 0 Å². The Bertz CT molecular complexity index is 584. The average molecular weight is 368 g/mol. The third-order valence-electron chi connectivity index (χ3n) is 3.03. The van der Waals surface area contributed by atoms with Crippen molar-refractivity contribution in [2.24, 2.45) is 0 Å². The van der Waals surface area contributed by atoms with Gasteiger partial charge in [0.05, 0.1) is 4.47 Å². The molecule has 0 aromatic heterocycles. The summed E-state index contributed by atoms with van der Waals surface area (Å²) in [5.41, 5.74) is 2.40. The Morgan fingerprint density at radius 2 is 1.76 bits per heavy atom. The van der Waals surface area contributed by atoms with E-state index in [0.29, 0.717) is 10.5 Å². The van der Waals surface area contributed by atoms with Crippen molar-refractivity contribution >= 4 is 27.7 Å². The van der Waals surface area contributed by atoms with Gasteiger partial charge in [0.15, 0.2) is 0 Å². The molecule has 1 N–H and O–H groups in total. The molecule has 0 fully saturated rings.